The van der Waals surface area contributed by atoms with Crippen LogP contribution in [0.3, 0.4) is 0 Å². The number of fused-ring (bicyclic) bond motifs is 1. The van der Waals surface area contributed by atoms with Crippen LogP contribution < -0.4 is 11.5 Å². The van der Waals surface area contributed by atoms with Crippen molar-refractivity contribution in [2.24, 2.45) is 16.5 Å². The second kappa shape index (κ2) is 2.75. The zero-order valence-corrected chi connectivity index (χ0v) is 7.40. The summed E-state index contributed by atoms with van der Waals surface area (Å²) >= 11 is 1.59. The maximum absolute atomic E-state index is 5.24. The maximum atomic E-state index is 5.24. The smallest absolute Gasteiger partial charge is 0.212 e. The highest BCUT2D eigenvalue weighted by atomic mass is 32.1. The number of aliphatic imine (C=N–C) groups is 1. The Morgan fingerprint density at radius 3 is 2.92 bits per heavy atom. The van der Waals surface area contributed by atoms with Crippen LogP contribution in [0.5, 0.6) is 0 Å². The lowest BCUT2D eigenvalue weighted by Gasteiger charge is -1.87. The third-order valence-electron chi connectivity index (χ3n) is 1.81. The maximum Gasteiger partial charge on any atom is 0.212 e. The Morgan fingerprint density at radius 2 is 2.25 bits per heavy atom. The van der Waals surface area contributed by atoms with E-state index in [9.17, 15) is 0 Å². The summed E-state index contributed by atoms with van der Waals surface area (Å²) in [6.07, 6.45) is 3.43. The van der Waals surface area contributed by atoms with Gasteiger partial charge in [-0.25, -0.2) is 4.98 Å². The standard InChI is InChI=1S/C7H10N4S/c8-6(9)11-7-10-4-2-1-3-5(4)12-7/h1-3H2,(H4,8,9,10,11). The van der Waals surface area contributed by atoms with Crippen LogP contribution in [0.15, 0.2) is 4.99 Å². The van der Waals surface area contributed by atoms with Gasteiger partial charge < -0.3 is 11.5 Å². The van der Waals surface area contributed by atoms with Gasteiger partial charge in [0.05, 0.1) is 5.69 Å². The molecule has 0 aliphatic heterocycles. The van der Waals surface area contributed by atoms with E-state index in [4.69, 9.17) is 11.5 Å². The van der Waals surface area contributed by atoms with Gasteiger partial charge in [0, 0.05) is 4.88 Å². The summed E-state index contributed by atoms with van der Waals surface area (Å²) in [7, 11) is 0. The SMILES string of the molecule is NC(N)=Nc1nc2c(s1)CCC2. The Labute approximate surface area is 74.3 Å². The van der Waals surface area contributed by atoms with Crippen LogP contribution >= 0.6 is 11.3 Å². The number of rotatable bonds is 1. The van der Waals surface area contributed by atoms with E-state index < -0.39 is 0 Å². The zero-order valence-electron chi connectivity index (χ0n) is 6.58. The summed E-state index contributed by atoms with van der Waals surface area (Å²) in [6, 6.07) is 0. The number of aryl methyl sites for hydroxylation is 2. The molecule has 0 unspecified atom stereocenters. The first-order valence-corrected chi connectivity index (χ1v) is 4.65. The van der Waals surface area contributed by atoms with Crippen molar-refractivity contribution < 1.29 is 0 Å². The Kier molecular flexibility index (Phi) is 1.73. The molecule has 0 radical (unpaired) electrons. The fourth-order valence-corrected chi connectivity index (χ4v) is 2.37. The Balaban J connectivity index is 2.31. The number of thiazole rings is 1. The van der Waals surface area contributed by atoms with E-state index in [1.807, 2.05) is 0 Å². The van der Waals surface area contributed by atoms with Crippen LogP contribution in [-0.2, 0) is 12.8 Å². The van der Waals surface area contributed by atoms with E-state index in [0.717, 1.165) is 12.8 Å². The Morgan fingerprint density at radius 1 is 1.42 bits per heavy atom. The molecule has 5 heteroatoms. The van der Waals surface area contributed by atoms with E-state index >= 15 is 0 Å². The molecule has 0 spiro atoms. The van der Waals surface area contributed by atoms with Crippen molar-refractivity contribution in [2.75, 3.05) is 0 Å². The molecule has 4 N–H and O–H groups in total. The van der Waals surface area contributed by atoms with E-state index in [2.05, 4.69) is 9.98 Å². The van der Waals surface area contributed by atoms with E-state index in [1.165, 1.54) is 17.0 Å². The average molecular weight is 182 g/mol. The van der Waals surface area contributed by atoms with Gasteiger partial charge in [0.2, 0.25) is 5.13 Å². The molecule has 2 rings (SSSR count). The molecule has 1 heterocycles. The molecule has 1 aliphatic carbocycles. The molecule has 64 valence electrons. The van der Waals surface area contributed by atoms with Gasteiger partial charge in [0.25, 0.3) is 0 Å². The summed E-state index contributed by atoms with van der Waals surface area (Å²) in [6.45, 7) is 0. The first kappa shape index (κ1) is 7.54. The van der Waals surface area contributed by atoms with E-state index in [0.29, 0.717) is 5.13 Å². The zero-order chi connectivity index (χ0) is 8.55. The molecule has 1 aromatic heterocycles. The second-order valence-electron chi connectivity index (χ2n) is 2.76. The summed E-state index contributed by atoms with van der Waals surface area (Å²) in [5.41, 5.74) is 11.7. The minimum absolute atomic E-state index is 0.0856. The molecule has 0 amide bonds. The number of nitrogens with two attached hydrogens (primary N) is 2. The molecule has 0 fully saturated rings. The minimum atomic E-state index is 0.0856. The fraction of sp³-hybridized carbons (Fsp3) is 0.429. The number of guanidine groups is 1. The van der Waals surface area contributed by atoms with Crippen molar-refractivity contribution in [3.8, 4) is 0 Å². The lowest BCUT2D eigenvalue weighted by Crippen LogP contribution is -2.21. The molecular weight excluding hydrogens is 172 g/mol. The summed E-state index contributed by atoms with van der Waals surface area (Å²) in [4.78, 5) is 9.55. The molecule has 0 atom stereocenters. The molecule has 0 saturated carbocycles. The number of hydrogen-bond acceptors (Lipinski definition) is 3. The van der Waals surface area contributed by atoms with Gasteiger partial charge in [-0.05, 0) is 19.3 Å². The van der Waals surface area contributed by atoms with Crippen molar-refractivity contribution in [1.29, 1.82) is 0 Å². The molecule has 1 aromatic rings. The van der Waals surface area contributed by atoms with Crippen molar-refractivity contribution in [3.63, 3.8) is 0 Å². The van der Waals surface area contributed by atoms with Gasteiger partial charge in [-0.15, -0.1) is 0 Å². The molecule has 1 aliphatic rings. The average Bonchev–Trinajstić information content (AvgIpc) is 2.43. The largest absolute Gasteiger partial charge is 0.370 e. The van der Waals surface area contributed by atoms with E-state index in [1.54, 1.807) is 11.3 Å². The van der Waals surface area contributed by atoms with Crippen LogP contribution in [0.4, 0.5) is 5.13 Å². The van der Waals surface area contributed by atoms with Gasteiger partial charge in [-0.2, -0.15) is 4.99 Å². The van der Waals surface area contributed by atoms with Crippen LogP contribution in [0.25, 0.3) is 0 Å². The quantitative estimate of drug-likeness (QED) is 0.491. The monoisotopic (exact) mass is 182 g/mol. The summed E-state index contributed by atoms with van der Waals surface area (Å²) < 4.78 is 0. The van der Waals surface area contributed by atoms with Crippen LogP contribution in [0.2, 0.25) is 0 Å². The van der Waals surface area contributed by atoms with Crippen molar-refractivity contribution >= 4 is 22.4 Å². The highest BCUT2D eigenvalue weighted by molar-refractivity contribution is 7.15. The fourth-order valence-electron chi connectivity index (χ4n) is 1.34. The number of nitrogens with zero attached hydrogens (tertiary/aromatic N) is 2. The Bertz CT molecular complexity index is 303. The molecule has 0 aromatic carbocycles. The van der Waals surface area contributed by atoms with Crippen LogP contribution in [0.1, 0.15) is 17.0 Å². The summed E-state index contributed by atoms with van der Waals surface area (Å²) in [5, 5.41) is 0.694. The molecule has 0 saturated heterocycles. The first-order valence-electron chi connectivity index (χ1n) is 3.84. The minimum Gasteiger partial charge on any atom is -0.370 e. The summed E-state index contributed by atoms with van der Waals surface area (Å²) in [5.74, 6) is 0.0856. The predicted molar refractivity (Wildman–Crippen MR) is 49.6 cm³/mol. The van der Waals surface area contributed by atoms with Gasteiger partial charge in [-0.1, -0.05) is 11.3 Å². The third kappa shape index (κ3) is 1.27. The van der Waals surface area contributed by atoms with Gasteiger partial charge in [0.15, 0.2) is 5.96 Å². The first-order chi connectivity index (χ1) is 5.75. The lowest BCUT2D eigenvalue weighted by atomic mass is 10.4. The number of hydrogen-bond donors (Lipinski definition) is 2. The highest BCUT2D eigenvalue weighted by Gasteiger charge is 2.16. The molecule has 4 nitrogen and oxygen atoms in total. The van der Waals surface area contributed by atoms with Crippen molar-refractivity contribution in [3.05, 3.63) is 10.6 Å². The van der Waals surface area contributed by atoms with Crippen molar-refractivity contribution in [1.82, 2.24) is 4.98 Å². The van der Waals surface area contributed by atoms with Crippen LogP contribution in [-0.4, -0.2) is 10.9 Å². The normalized spacial score (nSPS) is 14.3. The molecular formula is C7H10N4S. The Hall–Kier alpha value is -1.10. The van der Waals surface area contributed by atoms with Crippen LogP contribution in [0, 0.1) is 0 Å². The lowest BCUT2D eigenvalue weighted by molar-refractivity contribution is 0.899. The van der Waals surface area contributed by atoms with E-state index in [-0.39, 0.29) is 5.96 Å². The van der Waals surface area contributed by atoms with Gasteiger partial charge in [0.1, 0.15) is 0 Å². The third-order valence-corrected chi connectivity index (χ3v) is 2.86. The van der Waals surface area contributed by atoms with Gasteiger partial charge in [-0.3, -0.25) is 0 Å². The molecule has 0 bridgehead atoms. The van der Waals surface area contributed by atoms with Gasteiger partial charge >= 0.3 is 0 Å². The predicted octanol–water partition coefficient (Wildman–Crippen LogP) is 0.537. The second-order valence-corrected chi connectivity index (χ2v) is 3.82. The topological polar surface area (TPSA) is 77.3 Å². The highest BCUT2D eigenvalue weighted by Crippen LogP contribution is 2.31. The number of aromatic nitrogens is 1. The van der Waals surface area contributed by atoms with Crippen molar-refractivity contribution in [2.45, 2.75) is 19.3 Å². The molecule has 12 heavy (non-hydrogen) atoms.